The highest BCUT2D eigenvalue weighted by Gasteiger charge is 2.07. The molecule has 1 heterocycles. The molecule has 0 atom stereocenters. The minimum Gasteiger partial charge on any atom is -0.462 e. The fourth-order valence-corrected chi connectivity index (χ4v) is 1.99. The molecule has 0 saturated carbocycles. The van der Waals surface area contributed by atoms with Crippen molar-refractivity contribution >= 4 is 5.97 Å². The van der Waals surface area contributed by atoms with Crippen LogP contribution in [-0.2, 0) is 11.3 Å². The number of benzene rings is 1. The third-order valence-corrected chi connectivity index (χ3v) is 3.00. The van der Waals surface area contributed by atoms with Gasteiger partial charge in [0.05, 0.1) is 18.7 Å². The standard InChI is InChI=1S/C16H17NO3/c1-3-20-16(19)14-8-4-7-13(10-14)11-17-9-5-6-12(2)15(17)18/h4-10H,3,11H2,1-2H3. The molecule has 0 unspecified atom stereocenters. The summed E-state index contributed by atoms with van der Waals surface area (Å²) in [4.78, 5) is 23.6. The number of hydrogen-bond acceptors (Lipinski definition) is 3. The molecule has 0 aliphatic heterocycles. The molecular weight excluding hydrogens is 254 g/mol. The van der Waals surface area contributed by atoms with Crippen LogP contribution in [0.25, 0.3) is 0 Å². The molecule has 0 amide bonds. The molecule has 1 aromatic carbocycles. The number of rotatable bonds is 4. The van der Waals surface area contributed by atoms with E-state index in [4.69, 9.17) is 4.74 Å². The highest BCUT2D eigenvalue weighted by Crippen LogP contribution is 2.08. The van der Waals surface area contributed by atoms with Crippen molar-refractivity contribution in [1.29, 1.82) is 0 Å². The summed E-state index contributed by atoms with van der Waals surface area (Å²) in [6, 6.07) is 10.8. The number of pyridine rings is 1. The van der Waals surface area contributed by atoms with E-state index >= 15 is 0 Å². The molecule has 4 heteroatoms. The van der Waals surface area contributed by atoms with Crippen molar-refractivity contribution < 1.29 is 9.53 Å². The topological polar surface area (TPSA) is 48.3 Å². The Hall–Kier alpha value is -2.36. The molecule has 0 fully saturated rings. The zero-order valence-electron chi connectivity index (χ0n) is 11.6. The van der Waals surface area contributed by atoms with Gasteiger partial charge in [0.2, 0.25) is 0 Å². The van der Waals surface area contributed by atoms with Gasteiger partial charge in [0, 0.05) is 11.8 Å². The third-order valence-electron chi connectivity index (χ3n) is 3.00. The summed E-state index contributed by atoms with van der Waals surface area (Å²) >= 11 is 0. The van der Waals surface area contributed by atoms with Crippen LogP contribution in [0.1, 0.15) is 28.4 Å². The molecule has 0 radical (unpaired) electrons. The molecule has 20 heavy (non-hydrogen) atoms. The maximum Gasteiger partial charge on any atom is 0.338 e. The Morgan fingerprint density at radius 3 is 2.80 bits per heavy atom. The van der Waals surface area contributed by atoms with Crippen LogP contribution in [0.2, 0.25) is 0 Å². The molecule has 2 aromatic rings. The zero-order valence-corrected chi connectivity index (χ0v) is 11.6. The average Bonchev–Trinajstić information content (AvgIpc) is 2.44. The quantitative estimate of drug-likeness (QED) is 0.802. The van der Waals surface area contributed by atoms with Gasteiger partial charge < -0.3 is 9.30 Å². The Morgan fingerprint density at radius 1 is 1.25 bits per heavy atom. The Morgan fingerprint density at radius 2 is 2.05 bits per heavy atom. The summed E-state index contributed by atoms with van der Waals surface area (Å²) in [5.41, 5.74) is 2.08. The van der Waals surface area contributed by atoms with Crippen molar-refractivity contribution in [2.75, 3.05) is 6.61 Å². The van der Waals surface area contributed by atoms with Gasteiger partial charge in [0.25, 0.3) is 5.56 Å². The van der Waals surface area contributed by atoms with E-state index in [2.05, 4.69) is 0 Å². The molecule has 0 bridgehead atoms. The van der Waals surface area contributed by atoms with Crippen LogP contribution in [0, 0.1) is 6.92 Å². The van der Waals surface area contributed by atoms with Crippen molar-refractivity contribution in [3.8, 4) is 0 Å². The predicted octanol–water partition coefficient (Wildman–Crippen LogP) is 2.38. The smallest absolute Gasteiger partial charge is 0.338 e. The lowest BCUT2D eigenvalue weighted by Gasteiger charge is -2.08. The first-order chi connectivity index (χ1) is 9.61. The van der Waals surface area contributed by atoms with Crippen LogP contribution >= 0.6 is 0 Å². The number of aromatic nitrogens is 1. The van der Waals surface area contributed by atoms with E-state index in [0.717, 1.165) is 5.56 Å². The van der Waals surface area contributed by atoms with Gasteiger partial charge in [-0.2, -0.15) is 0 Å². The fraction of sp³-hybridized carbons (Fsp3) is 0.250. The second kappa shape index (κ2) is 6.19. The fourth-order valence-electron chi connectivity index (χ4n) is 1.99. The number of nitrogens with zero attached hydrogens (tertiary/aromatic N) is 1. The Bertz CT molecular complexity index is 673. The van der Waals surface area contributed by atoms with Crippen molar-refractivity contribution in [2.24, 2.45) is 0 Å². The first-order valence-corrected chi connectivity index (χ1v) is 6.54. The summed E-state index contributed by atoms with van der Waals surface area (Å²) in [6.07, 6.45) is 1.74. The second-order valence-electron chi connectivity index (χ2n) is 4.55. The van der Waals surface area contributed by atoms with Gasteiger partial charge in [-0.25, -0.2) is 4.79 Å². The molecular formula is C16H17NO3. The number of hydrogen-bond donors (Lipinski definition) is 0. The van der Waals surface area contributed by atoms with Crippen LogP contribution in [0.15, 0.2) is 47.4 Å². The molecule has 0 N–H and O–H groups in total. The molecule has 1 aromatic heterocycles. The number of carbonyl (C=O) groups is 1. The minimum absolute atomic E-state index is 0.0194. The number of carbonyl (C=O) groups excluding carboxylic acids is 1. The summed E-state index contributed by atoms with van der Waals surface area (Å²) in [7, 11) is 0. The first kappa shape index (κ1) is 14.1. The Labute approximate surface area is 117 Å². The highest BCUT2D eigenvalue weighted by molar-refractivity contribution is 5.89. The van der Waals surface area contributed by atoms with Crippen LogP contribution in [-0.4, -0.2) is 17.1 Å². The van der Waals surface area contributed by atoms with E-state index in [1.807, 2.05) is 12.1 Å². The maximum absolute atomic E-state index is 12.0. The van der Waals surface area contributed by atoms with E-state index in [9.17, 15) is 9.59 Å². The summed E-state index contributed by atoms with van der Waals surface area (Å²) in [5, 5.41) is 0. The van der Waals surface area contributed by atoms with Gasteiger partial charge in [0.1, 0.15) is 0 Å². The highest BCUT2D eigenvalue weighted by atomic mass is 16.5. The van der Waals surface area contributed by atoms with E-state index in [1.54, 1.807) is 48.9 Å². The molecule has 0 aliphatic carbocycles. The lowest BCUT2D eigenvalue weighted by molar-refractivity contribution is 0.0526. The van der Waals surface area contributed by atoms with Crippen LogP contribution < -0.4 is 5.56 Å². The Kier molecular flexibility index (Phi) is 4.35. The number of ether oxygens (including phenoxy) is 1. The number of aryl methyl sites for hydroxylation is 1. The predicted molar refractivity (Wildman–Crippen MR) is 76.9 cm³/mol. The molecule has 0 aliphatic rings. The SMILES string of the molecule is CCOC(=O)c1cccc(Cn2cccc(C)c2=O)c1. The van der Waals surface area contributed by atoms with Crippen molar-refractivity contribution in [3.05, 3.63) is 69.6 Å². The monoisotopic (exact) mass is 271 g/mol. The van der Waals surface area contributed by atoms with Crippen molar-refractivity contribution in [1.82, 2.24) is 4.57 Å². The lowest BCUT2D eigenvalue weighted by atomic mass is 10.1. The summed E-state index contributed by atoms with van der Waals surface area (Å²) in [6.45, 7) is 4.34. The molecule has 104 valence electrons. The lowest BCUT2D eigenvalue weighted by Crippen LogP contribution is -2.21. The maximum atomic E-state index is 12.0. The van der Waals surface area contributed by atoms with Crippen molar-refractivity contribution in [2.45, 2.75) is 20.4 Å². The van der Waals surface area contributed by atoms with E-state index in [-0.39, 0.29) is 11.5 Å². The summed E-state index contributed by atoms with van der Waals surface area (Å²) < 4.78 is 6.59. The average molecular weight is 271 g/mol. The second-order valence-corrected chi connectivity index (χ2v) is 4.55. The van der Waals surface area contributed by atoms with Gasteiger partial charge in [-0.05, 0) is 37.6 Å². The van der Waals surface area contributed by atoms with E-state index in [1.165, 1.54) is 0 Å². The van der Waals surface area contributed by atoms with Crippen LogP contribution in [0.5, 0.6) is 0 Å². The van der Waals surface area contributed by atoms with E-state index < -0.39 is 0 Å². The van der Waals surface area contributed by atoms with Gasteiger partial charge in [0.15, 0.2) is 0 Å². The largest absolute Gasteiger partial charge is 0.462 e. The van der Waals surface area contributed by atoms with Crippen LogP contribution in [0.3, 0.4) is 0 Å². The van der Waals surface area contributed by atoms with Crippen LogP contribution in [0.4, 0.5) is 0 Å². The van der Waals surface area contributed by atoms with Gasteiger partial charge >= 0.3 is 5.97 Å². The van der Waals surface area contributed by atoms with Crippen molar-refractivity contribution in [3.63, 3.8) is 0 Å². The Balaban J connectivity index is 2.26. The van der Waals surface area contributed by atoms with Gasteiger partial charge in [-0.3, -0.25) is 4.79 Å². The van der Waals surface area contributed by atoms with Gasteiger partial charge in [-0.15, -0.1) is 0 Å². The summed E-state index contributed by atoms with van der Waals surface area (Å²) in [5.74, 6) is -0.342. The molecule has 2 rings (SSSR count). The molecule has 0 spiro atoms. The first-order valence-electron chi connectivity index (χ1n) is 6.54. The van der Waals surface area contributed by atoms with Gasteiger partial charge in [-0.1, -0.05) is 18.2 Å². The third kappa shape index (κ3) is 3.15. The molecule has 4 nitrogen and oxygen atoms in total. The van der Waals surface area contributed by atoms with E-state index in [0.29, 0.717) is 24.3 Å². The minimum atomic E-state index is -0.342. The molecule has 0 saturated heterocycles. The normalized spacial score (nSPS) is 10.3. The number of esters is 1. The zero-order chi connectivity index (χ0) is 14.5.